The van der Waals surface area contributed by atoms with Crippen molar-refractivity contribution in [2.24, 2.45) is 4.99 Å². The molecule has 2 rings (SSSR count). The second-order valence-electron chi connectivity index (χ2n) is 6.27. The number of rotatable bonds is 4. The standard InChI is InChI=1S/C15H29N3O3.HI/c1-15(2,19-4)11-17-14(16-3)18-7-9-21-13(10-18)12-6-5-8-20-12;/h12-13H,5-11H2,1-4H3,(H,16,17);1H. The van der Waals surface area contributed by atoms with E-state index in [-0.39, 0.29) is 41.8 Å². The highest BCUT2D eigenvalue weighted by atomic mass is 127. The Labute approximate surface area is 151 Å². The van der Waals surface area contributed by atoms with Crippen molar-refractivity contribution >= 4 is 29.9 Å². The molecule has 0 radical (unpaired) electrons. The van der Waals surface area contributed by atoms with Gasteiger partial charge in [0.15, 0.2) is 5.96 Å². The summed E-state index contributed by atoms with van der Waals surface area (Å²) in [5.74, 6) is 0.909. The van der Waals surface area contributed by atoms with Crippen LogP contribution in [-0.2, 0) is 14.2 Å². The van der Waals surface area contributed by atoms with Crippen LogP contribution in [0.25, 0.3) is 0 Å². The first-order valence-electron chi connectivity index (χ1n) is 7.79. The molecule has 22 heavy (non-hydrogen) atoms. The molecular formula is C15H30IN3O3. The van der Waals surface area contributed by atoms with Gasteiger partial charge in [-0.2, -0.15) is 0 Å². The number of ether oxygens (including phenoxy) is 3. The predicted octanol–water partition coefficient (Wildman–Crippen LogP) is 1.48. The molecule has 2 heterocycles. The minimum atomic E-state index is -0.212. The predicted molar refractivity (Wildman–Crippen MR) is 98.2 cm³/mol. The van der Waals surface area contributed by atoms with E-state index in [1.165, 1.54) is 0 Å². The van der Waals surface area contributed by atoms with Gasteiger partial charge in [-0.3, -0.25) is 4.99 Å². The second-order valence-corrected chi connectivity index (χ2v) is 6.27. The first kappa shape index (κ1) is 19.9. The van der Waals surface area contributed by atoms with E-state index in [9.17, 15) is 0 Å². The molecule has 0 aliphatic carbocycles. The topological polar surface area (TPSA) is 55.3 Å². The van der Waals surface area contributed by atoms with Gasteiger partial charge in [-0.1, -0.05) is 0 Å². The fourth-order valence-corrected chi connectivity index (χ4v) is 2.68. The maximum Gasteiger partial charge on any atom is 0.193 e. The Morgan fingerprint density at radius 1 is 1.32 bits per heavy atom. The van der Waals surface area contributed by atoms with Gasteiger partial charge in [0.2, 0.25) is 0 Å². The molecule has 0 spiro atoms. The lowest BCUT2D eigenvalue weighted by Crippen LogP contribution is -2.55. The van der Waals surface area contributed by atoms with E-state index >= 15 is 0 Å². The minimum Gasteiger partial charge on any atom is -0.377 e. The van der Waals surface area contributed by atoms with Crippen molar-refractivity contribution in [2.45, 2.75) is 44.5 Å². The van der Waals surface area contributed by atoms with E-state index in [1.54, 1.807) is 7.11 Å². The number of hydrogen-bond donors (Lipinski definition) is 1. The molecule has 0 saturated carbocycles. The molecule has 0 bridgehead atoms. The third-order valence-electron chi connectivity index (χ3n) is 4.21. The van der Waals surface area contributed by atoms with Crippen molar-refractivity contribution in [3.8, 4) is 0 Å². The number of hydrogen-bond acceptors (Lipinski definition) is 4. The van der Waals surface area contributed by atoms with Gasteiger partial charge in [0.05, 0.1) is 18.3 Å². The summed E-state index contributed by atoms with van der Waals surface area (Å²) in [6.45, 7) is 8.11. The fraction of sp³-hybridized carbons (Fsp3) is 0.933. The van der Waals surface area contributed by atoms with Crippen LogP contribution >= 0.6 is 24.0 Å². The number of nitrogens with one attached hydrogen (secondary N) is 1. The molecule has 6 nitrogen and oxygen atoms in total. The van der Waals surface area contributed by atoms with E-state index in [4.69, 9.17) is 14.2 Å². The van der Waals surface area contributed by atoms with Crippen molar-refractivity contribution < 1.29 is 14.2 Å². The molecule has 2 saturated heterocycles. The van der Waals surface area contributed by atoms with Crippen LogP contribution in [0.3, 0.4) is 0 Å². The Kier molecular flexibility index (Phi) is 8.37. The molecule has 2 fully saturated rings. The number of methoxy groups -OCH3 is 1. The summed E-state index contributed by atoms with van der Waals surface area (Å²) in [6.07, 6.45) is 2.62. The summed E-state index contributed by atoms with van der Waals surface area (Å²) in [6, 6.07) is 0. The average Bonchev–Trinajstić information content (AvgIpc) is 3.02. The number of aliphatic imine (C=N–C) groups is 1. The van der Waals surface area contributed by atoms with Gasteiger partial charge in [-0.25, -0.2) is 0 Å². The summed E-state index contributed by atoms with van der Waals surface area (Å²) >= 11 is 0. The number of morpholine rings is 1. The van der Waals surface area contributed by atoms with Crippen LogP contribution < -0.4 is 5.32 Å². The number of nitrogens with zero attached hydrogens (tertiary/aromatic N) is 2. The van der Waals surface area contributed by atoms with E-state index in [0.29, 0.717) is 0 Å². The molecule has 2 atom stereocenters. The average molecular weight is 427 g/mol. The first-order valence-corrected chi connectivity index (χ1v) is 7.79. The Balaban J connectivity index is 0.00000242. The largest absolute Gasteiger partial charge is 0.377 e. The van der Waals surface area contributed by atoms with Crippen LogP contribution in [-0.4, -0.2) is 75.7 Å². The lowest BCUT2D eigenvalue weighted by atomic mass is 10.1. The van der Waals surface area contributed by atoms with Crippen LogP contribution in [0.4, 0.5) is 0 Å². The van der Waals surface area contributed by atoms with Crippen molar-refractivity contribution in [2.75, 3.05) is 47.0 Å². The van der Waals surface area contributed by atoms with Crippen molar-refractivity contribution in [3.63, 3.8) is 0 Å². The number of halogens is 1. The summed E-state index contributed by atoms with van der Waals surface area (Å²) < 4.78 is 17.1. The third kappa shape index (κ3) is 5.50. The Bertz CT molecular complexity index is 360. The quantitative estimate of drug-likeness (QED) is 0.419. The molecule has 130 valence electrons. The maximum atomic E-state index is 5.88. The Hall–Kier alpha value is -0.120. The third-order valence-corrected chi connectivity index (χ3v) is 4.21. The molecule has 2 aliphatic heterocycles. The molecule has 0 amide bonds. The summed E-state index contributed by atoms with van der Waals surface area (Å²) in [5.41, 5.74) is -0.212. The molecule has 2 aliphatic rings. The van der Waals surface area contributed by atoms with Crippen molar-refractivity contribution in [1.29, 1.82) is 0 Å². The van der Waals surface area contributed by atoms with E-state index < -0.39 is 0 Å². The zero-order valence-corrected chi connectivity index (χ0v) is 16.5. The molecular weight excluding hydrogens is 397 g/mol. The van der Waals surface area contributed by atoms with Gasteiger partial charge in [-0.05, 0) is 26.7 Å². The van der Waals surface area contributed by atoms with Gasteiger partial charge in [0.1, 0.15) is 6.10 Å². The summed E-state index contributed by atoms with van der Waals surface area (Å²) in [4.78, 5) is 6.64. The maximum absolute atomic E-state index is 5.88. The van der Waals surface area contributed by atoms with Crippen LogP contribution in [0.2, 0.25) is 0 Å². The molecule has 0 aromatic carbocycles. The molecule has 1 N–H and O–H groups in total. The van der Waals surface area contributed by atoms with Crippen molar-refractivity contribution in [3.05, 3.63) is 0 Å². The Morgan fingerprint density at radius 2 is 2.05 bits per heavy atom. The van der Waals surface area contributed by atoms with Crippen LogP contribution in [0.1, 0.15) is 26.7 Å². The van der Waals surface area contributed by atoms with E-state index in [1.807, 2.05) is 7.05 Å². The van der Waals surface area contributed by atoms with Crippen molar-refractivity contribution in [1.82, 2.24) is 10.2 Å². The molecule has 0 aromatic rings. The highest BCUT2D eigenvalue weighted by Gasteiger charge is 2.32. The van der Waals surface area contributed by atoms with E-state index in [0.717, 1.165) is 51.6 Å². The zero-order chi connectivity index (χ0) is 15.3. The van der Waals surface area contributed by atoms with Crippen LogP contribution in [0.15, 0.2) is 4.99 Å². The lowest BCUT2D eigenvalue weighted by molar-refractivity contribution is -0.0818. The highest BCUT2D eigenvalue weighted by molar-refractivity contribution is 14.0. The normalized spacial score (nSPS) is 26.7. The Morgan fingerprint density at radius 3 is 2.64 bits per heavy atom. The SMILES string of the molecule is CN=C(NCC(C)(C)OC)N1CCOC(C2CCCO2)C1.I. The zero-order valence-electron chi connectivity index (χ0n) is 14.1. The smallest absolute Gasteiger partial charge is 0.193 e. The van der Waals surface area contributed by atoms with Gasteiger partial charge in [0.25, 0.3) is 0 Å². The first-order chi connectivity index (χ1) is 10.1. The highest BCUT2D eigenvalue weighted by Crippen LogP contribution is 2.21. The van der Waals surface area contributed by atoms with Gasteiger partial charge < -0.3 is 24.4 Å². The van der Waals surface area contributed by atoms with Crippen LogP contribution in [0, 0.1) is 0 Å². The lowest BCUT2D eigenvalue weighted by Gasteiger charge is -2.37. The second kappa shape index (κ2) is 9.24. The number of guanidine groups is 1. The fourth-order valence-electron chi connectivity index (χ4n) is 2.68. The molecule has 2 unspecified atom stereocenters. The summed E-state index contributed by atoms with van der Waals surface area (Å²) in [7, 11) is 3.55. The van der Waals surface area contributed by atoms with Crippen LogP contribution in [0.5, 0.6) is 0 Å². The monoisotopic (exact) mass is 427 g/mol. The van der Waals surface area contributed by atoms with Gasteiger partial charge in [-0.15, -0.1) is 24.0 Å². The summed E-state index contributed by atoms with van der Waals surface area (Å²) in [5, 5.41) is 3.40. The molecule has 7 heteroatoms. The van der Waals surface area contributed by atoms with E-state index in [2.05, 4.69) is 29.1 Å². The molecule has 0 aromatic heterocycles. The van der Waals surface area contributed by atoms with Gasteiger partial charge in [0, 0.05) is 40.4 Å². The van der Waals surface area contributed by atoms with Gasteiger partial charge >= 0.3 is 0 Å². The minimum absolute atomic E-state index is 0.